The standard InChI is InChI=1S/C15H21NO/c1-3-4-5-8-16-11-14-10-13-9-12(2)6-7-15(13)17-14/h3-4,6-7,9,14,16H,5,8,10-11H2,1-2H3/b4-3+. The Hall–Kier alpha value is -1.28. The van der Waals surface area contributed by atoms with Crippen LogP contribution < -0.4 is 10.1 Å². The molecule has 0 radical (unpaired) electrons. The van der Waals surface area contributed by atoms with Gasteiger partial charge in [0.1, 0.15) is 11.9 Å². The third-order valence-electron chi connectivity index (χ3n) is 3.05. The van der Waals surface area contributed by atoms with E-state index in [4.69, 9.17) is 4.74 Å². The lowest BCUT2D eigenvalue weighted by Gasteiger charge is -2.11. The summed E-state index contributed by atoms with van der Waals surface area (Å²) in [5.74, 6) is 1.07. The van der Waals surface area contributed by atoms with Crippen molar-refractivity contribution in [1.82, 2.24) is 5.32 Å². The second kappa shape index (κ2) is 5.87. The fourth-order valence-electron chi connectivity index (χ4n) is 2.18. The van der Waals surface area contributed by atoms with Gasteiger partial charge in [-0.25, -0.2) is 0 Å². The number of ether oxygens (including phenoxy) is 1. The van der Waals surface area contributed by atoms with Crippen molar-refractivity contribution in [1.29, 1.82) is 0 Å². The predicted molar refractivity (Wildman–Crippen MR) is 71.6 cm³/mol. The van der Waals surface area contributed by atoms with Gasteiger partial charge in [-0.2, -0.15) is 0 Å². The Kier molecular flexibility index (Phi) is 4.21. The van der Waals surface area contributed by atoms with Crippen molar-refractivity contribution >= 4 is 0 Å². The highest BCUT2D eigenvalue weighted by atomic mass is 16.5. The number of hydrogen-bond acceptors (Lipinski definition) is 2. The number of allylic oxidation sites excluding steroid dienone is 1. The SMILES string of the molecule is C/C=C/CCNCC1Cc2cc(C)ccc2O1. The minimum absolute atomic E-state index is 0.303. The highest BCUT2D eigenvalue weighted by Crippen LogP contribution is 2.29. The molecule has 1 atom stereocenters. The number of benzene rings is 1. The number of rotatable bonds is 5. The molecule has 0 aliphatic carbocycles. The van der Waals surface area contributed by atoms with E-state index in [9.17, 15) is 0 Å². The van der Waals surface area contributed by atoms with Crippen molar-refractivity contribution in [3.8, 4) is 5.75 Å². The van der Waals surface area contributed by atoms with E-state index >= 15 is 0 Å². The van der Waals surface area contributed by atoms with E-state index in [1.54, 1.807) is 0 Å². The van der Waals surface area contributed by atoms with Gasteiger partial charge in [0.2, 0.25) is 0 Å². The van der Waals surface area contributed by atoms with Gasteiger partial charge in [0.25, 0.3) is 0 Å². The average molecular weight is 231 g/mol. The number of aryl methyl sites for hydroxylation is 1. The second-order valence-electron chi connectivity index (χ2n) is 4.62. The molecule has 1 aliphatic rings. The van der Waals surface area contributed by atoms with Crippen LogP contribution in [0, 0.1) is 6.92 Å². The Morgan fingerprint density at radius 3 is 3.18 bits per heavy atom. The number of hydrogen-bond donors (Lipinski definition) is 1. The Bertz CT molecular complexity index is 398. The lowest BCUT2D eigenvalue weighted by Crippen LogP contribution is -2.30. The third kappa shape index (κ3) is 3.34. The monoisotopic (exact) mass is 231 g/mol. The quantitative estimate of drug-likeness (QED) is 0.621. The van der Waals surface area contributed by atoms with Gasteiger partial charge in [0.15, 0.2) is 0 Å². The molecule has 0 saturated carbocycles. The van der Waals surface area contributed by atoms with Crippen molar-refractivity contribution in [2.24, 2.45) is 0 Å². The summed E-state index contributed by atoms with van der Waals surface area (Å²) < 4.78 is 5.89. The molecule has 0 spiro atoms. The summed E-state index contributed by atoms with van der Waals surface area (Å²) in [6, 6.07) is 6.43. The third-order valence-corrected chi connectivity index (χ3v) is 3.05. The van der Waals surface area contributed by atoms with Crippen LogP contribution in [-0.2, 0) is 6.42 Å². The van der Waals surface area contributed by atoms with Crippen molar-refractivity contribution in [3.63, 3.8) is 0 Å². The van der Waals surface area contributed by atoms with Crippen LogP contribution in [0.15, 0.2) is 30.4 Å². The van der Waals surface area contributed by atoms with Gasteiger partial charge in [-0.15, -0.1) is 0 Å². The molecule has 2 heteroatoms. The van der Waals surface area contributed by atoms with Gasteiger partial charge in [0.05, 0.1) is 0 Å². The van der Waals surface area contributed by atoms with Crippen LogP contribution in [0.1, 0.15) is 24.5 Å². The topological polar surface area (TPSA) is 21.3 Å². The lowest BCUT2D eigenvalue weighted by atomic mass is 10.1. The summed E-state index contributed by atoms with van der Waals surface area (Å²) in [6.07, 6.45) is 6.70. The zero-order valence-electron chi connectivity index (χ0n) is 10.7. The molecule has 0 amide bonds. The van der Waals surface area contributed by atoms with E-state index in [1.807, 2.05) is 0 Å². The van der Waals surface area contributed by atoms with Gasteiger partial charge in [-0.3, -0.25) is 0 Å². The highest BCUT2D eigenvalue weighted by molar-refractivity contribution is 5.40. The Morgan fingerprint density at radius 2 is 2.35 bits per heavy atom. The van der Waals surface area contributed by atoms with E-state index in [0.717, 1.165) is 31.7 Å². The van der Waals surface area contributed by atoms with Crippen molar-refractivity contribution < 1.29 is 4.74 Å². The van der Waals surface area contributed by atoms with Crippen molar-refractivity contribution in [2.75, 3.05) is 13.1 Å². The van der Waals surface area contributed by atoms with Crippen LogP contribution in [0.3, 0.4) is 0 Å². The van der Waals surface area contributed by atoms with E-state index in [2.05, 4.69) is 49.5 Å². The fourth-order valence-corrected chi connectivity index (χ4v) is 2.18. The molecule has 1 N–H and O–H groups in total. The molecule has 1 aliphatic heterocycles. The first-order valence-corrected chi connectivity index (χ1v) is 6.37. The van der Waals surface area contributed by atoms with E-state index in [0.29, 0.717) is 6.10 Å². The summed E-state index contributed by atoms with van der Waals surface area (Å²) in [7, 11) is 0. The van der Waals surface area contributed by atoms with Gasteiger partial charge in [-0.1, -0.05) is 29.8 Å². The van der Waals surface area contributed by atoms with Crippen molar-refractivity contribution in [3.05, 3.63) is 41.5 Å². The summed E-state index contributed by atoms with van der Waals surface area (Å²) in [4.78, 5) is 0. The number of fused-ring (bicyclic) bond motifs is 1. The summed E-state index contributed by atoms with van der Waals surface area (Å²) in [5, 5.41) is 3.44. The summed E-state index contributed by atoms with van der Waals surface area (Å²) in [5.41, 5.74) is 2.67. The smallest absolute Gasteiger partial charge is 0.123 e. The predicted octanol–water partition coefficient (Wildman–Crippen LogP) is 2.85. The molecule has 0 bridgehead atoms. The molecule has 0 saturated heterocycles. The maximum absolute atomic E-state index is 5.89. The molecule has 17 heavy (non-hydrogen) atoms. The van der Waals surface area contributed by atoms with Gasteiger partial charge in [-0.05, 0) is 38.4 Å². The second-order valence-corrected chi connectivity index (χ2v) is 4.62. The minimum atomic E-state index is 0.303. The molecule has 1 aromatic carbocycles. The van der Waals surface area contributed by atoms with Gasteiger partial charge in [0, 0.05) is 13.0 Å². The zero-order chi connectivity index (χ0) is 12.1. The molecular weight excluding hydrogens is 210 g/mol. The van der Waals surface area contributed by atoms with Crippen LogP contribution in [0.5, 0.6) is 5.75 Å². The minimum Gasteiger partial charge on any atom is -0.488 e. The highest BCUT2D eigenvalue weighted by Gasteiger charge is 2.21. The van der Waals surface area contributed by atoms with E-state index in [-0.39, 0.29) is 0 Å². The van der Waals surface area contributed by atoms with Crippen LogP contribution in [-0.4, -0.2) is 19.2 Å². The maximum Gasteiger partial charge on any atom is 0.123 e. The number of nitrogens with one attached hydrogen (secondary N) is 1. The summed E-state index contributed by atoms with van der Waals surface area (Å²) >= 11 is 0. The normalized spacial score (nSPS) is 18.4. The zero-order valence-corrected chi connectivity index (χ0v) is 10.7. The Morgan fingerprint density at radius 1 is 1.47 bits per heavy atom. The molecule has 1 aromatic rings. The Balaban J connectivity index is 1.76. The van der Waals surface area contributed by atoms with Gasteiger partial charge >= 0.3 is 0 Å². The average Bonchev–Trinajstić information content (AvgIpc) is 2.70. The first kappa shape index (κ1) is 12.2. The van der Waals surface area contributed by atoms with Gasteiger partial charge < -0.3 is 10.1 Å². The first-order valence-electron chi connectivity index (χ1n) is 6.37. The molecule has 2 nitrogen and oxygen atoms in total. The van der Waals surface area contributed by atoms with Crippen LogP contribution in [0.25, 0.3) is 0 Å². The van der Waals surface area contributed by atoms with E-state index < -0.39 is 0 Å². The van der Waals surface area contributed by atoms with Crippen LogP contribution in [0.2, 0.25) is 0 Å². The largest absolute Gasteiger partial charge is 0.488 e. The van der Waals surface area contributed by atoms with E-state index in [1.165, 1.54) is 11.1 Å². The summed E-state index contributed by atoms with van der Waals surface area (Å²) in [6.45, 7) is 6.15. The van der Waals surface area contributed by atoms with Crippen LogP contribution >= 0.6 is 0 Å². The molecular formula is C15H21NO. The first-order chi connectivity index (χ1) is 8.29. The molecule has 1 unspecified atom stereocenters. The Labute approximate surface area is 104 Å². The molecule has 92 valence electrons. The fraction of sp³-hybridized carbons (Fsp3) is 0.467. The molecule has 1 heterocycles. The lowest BCUT2D eigenvalue weighted by molar-refractivity contribution is 0.228. The molecule has 0 fully saturated rings. The molecule has 2 rings (SSSR count). The van der Waals surface area contributed by atoms with Crippen molar-refractivity contribution in [2.45, 2.75) is 32.8 Å². The van der Waals surface area contributed by atoms with Crippen LogP contribution in [0.4, 0.5) is 0 Å². The molecule has 0 aromatic heterocycles. The maximum atomic E-state index is 5.89.